The summed E-state index contributed by atoms with van der Waals surface area (Å²) in [5, 5.41) is 2.61. The predicted molar refractivity (Wildman–Crippen MR) is 119 cm³/mol. The number of piperidine rings is 1. The number of anilines is 2. The van der Waals surface area contributed by atoms with E-state index in [0.29, 0.717) is 37.3 Å². The van der Waals surface area contributed by atoms with Gasteiger partial charge in [0.1, 0.15) is 18.0 Å². The minimum Gasteiger partial charge on any atom is -0.487 e. The number of benzene rings is 1. The molecule has 2 aromatic rings. The zero-order chi connectivity index (χ0) is 23.4. The van der Waals surface area contributed by atoms with Gasteiger partial charge in [-0.2, -0.15) is 0 Å². The van der Waals surface area contributed by atoms with Crippen LogP contribution in [0.25, 0.3) is 4.85 Å². The highest BCUT2D eigenvalue weighted by molar-refractivity contribution is 5.90. The standard InChI is InChI=1S/C23H24FN5O4/c1-15(30)26-13-19-14-29(23(31)33-19)17-4-5-21(20(24)11-17)32-18-7-9-28(10-8-18)22-6-3-16(25-2)12-27-22/h3-6,11-12,18-19H,7-10,13-14H2,1H3,(H,26,30)/t19-/m0/s1. The number of nitrogens with zero attached hydrogens (tertiary/aromatic N) is 4. The molecule has 2 aliphatic rings. The van der Waals surface area contributed by atoms with Crippen LogP contribution in [0.5, 0.6) is 5.75 Å². The van der Waals surface area contributed by atoms with Gasteiger partial charge in [-0.25, -0.2) is 14.0 Å². The van der Waals surface area contributed by atoms with Crippen LogP contribution < -0.4 is 19.9 Å². The monoisotopic (exact) mass is 453 g/mol. The van der Waals surface area contributed by atoms with Gasteiger partial charge in [-0.15, -0.1) is 0 Å². The highest BCUT2D eigenvalue weighted by Gasteiger charge is 2.33. The molecule has 2 aliphatic heterocycles. The van der Waals surface area contributed by atoms with Crippen molar-refractivity contribution in [3.05, 3.63) is 53.8 Å². The Morgan fingerprint density at radius 2 is 2.12 bits per heavy atom. The molecule has 0 spiro atoms. The van der Waals surface area contributed by atoms with Gasteiger partial charge < -0.3 is 19.7 Å². The first kappa shape index (κ1) is 22.3. The molecule has 1 aromatic carbocycles. The summed E-state index contributed by atoms with van der Waals surface area (Å²) in [6.07, 6.45) is 1.76. The van der Waals surface area contributed by atoms with Crippen LogP contribution in [0.2, 0.25) is 0 Å². The summed E-state index contributed by atoms with van der Waals surface area (Å²) < 4.78 is 25.9. The fraction of sp³-hybridized carbons (Fsp3) is 0.391. The molecule has 3 heterocycles. The molecular weight excluding hydrogens is 429 g/mol. The third-order valence-corrected chi connectivity index (χ3v) is 5.60. The third-order valence-electron chi connectivity index (χ3n) is 5.60. The van der Waals surface area contributed by atoms with Crippen LogP contribution >= 0.6 is 0 Å². The van der Waals surface area contributed by atoms with Crippen molar-refractivity contribution < 1.29 is 23.5 Å². The molecule has 33 heavy (non-hydrogen) atoms. The average Bonchev–Trinajstić information content (AvgIpc) is 3.20. The Labute approximate surface area is 190 Å². The molecule has 2 amide bonds. The van der Waals surface area contributed by atoms with E-state index in [9.17, 15) is 14.0 Å². The van der Waals surface area contributed by atoms with E-state index in [0.717, 1.165) is 5.82 Å². The zero-order valence-electron chi connectivity index (χ0n) is 18.2. The van der Waals surface area contributed by atoms with Gasteiger partial charge in [0.05, 0.1) is 25.3 Å². The average molecular weight is 453 g/mol. The van der Waals surface area contributed by atoms with Crippen LogP contribution in [0.4, 0.5) is 26.4 Å². The summed E-state index contributed by atoms with van der Waals surface area (Å²) in [7, 11) is 0. The SMILES string of the molecule is [C-]#[N+]c1ccc(N2CCC(Oc3ccc(N4C[C@H](CNC(C)=O)OC4=O)cc3F)CC2)nc1. The number of carbonyl (C=O) groups is 2. The number of nitrogens with one attached hydrogen (secondary N) is 1. The molecule has 10 heteroatoms. The van der Waals surface area contributed by atoms with Crippen molar-refractivity contribution in [3.8, 4) is 5.75 Å². The van der Waals surface area contributed by atoms with E-state index < -0.39 is 18.0 Å². The fourth-order valence-corrected chi connectivity index (χ4v) is 3.86. The van der Waals surface area contributed by atoms with Crippen molar-refractivity contribution in [1.82, 2.24) is 10.3 Å². The van der Waals surface area contributed by atoms with Gasteiger partial charge in [0.2, 0.25) is 11.6 Å². The third kappa shape index (κ3) is 5.31. The first-order valence-corrected chi connectivity index (χ1v) is 10.7. The number of hydrogen-bond donors (Lipinski definition) is 1. The lowest BCUT2D eigenvalue weighted by Crippen LogP contribution is -2.38. The smallest absolute Gasteiger partial charge is 0.414 e. The fourth-order valence-electron chi connectivity index (χ4n) is 3.86. The molecule has 0 saturated carbocycles. The maximum Gasteiger partial charge on any atom is 0.414 e. The Balaban J connectivity index is 1.32. The second-order valence-electron chi connectivity index (χ2n) is 7.96. The molecule has 0 unspecified atom stereocenters. The lowest BCUT2D eigenvalue weighted by molar-refractivity contribution is -0.119. The lowest BCUT2D eigenvalue weighted by atomic mass is 10.1. The second-order valence-corrected chi connectivity index (χ2v) is 7.96. The minimum absolute atomic E-state index is 0.136. The number of hydrogen-bond acceptors (Lipinski definition) is 6. The zero-order valence-corrected chi connectivity index (χ0v) is 18.2. The van der Waals surface area contributed by atoms with E-state index in [2.05, 4.69) is 20.0 Å². The molecule has 172 valence electrons. The number of cyclic esters (lactones) is 1. The molecule has 0 aliphatic carbocycles. The maximum atomic E-state index is 14.7. The van der Waals surface area contributed by atoms with Crippen molar-refractivity contribution >= 4 is 29.2 Å². The summed E-state index contributed by atoms with van der Waals surface area (Å²) in [6.45, 7) is 10.2. The van der Waals surface area contributed by atoms with Gasteiger partial charge in [-0.3, -0.25) is 14.7 Å². The van der Waals surface area contributed by atoms with Crippen molar-refractivity contribution in [1.29, 1.82) is 0 Å². The Morgan fingerprint density at radius 3 is 2.76 bits per heavy atom. The molecule has 0 radical (unpaired) electrons. The van der Waals surface area contributed by atoms with E-state index in [1.165, 1.54) is 24.0 Å². The Bertz CT molecular complexity index is 1060. The molecule has 9 nitrogen and oxygen atoms in total. The Morgan fingerprint density at radius 1 is 1.33 bits per heavy atom. The maximum absolute atomic E-state index is 14.7. The summed E-state index contributed by atoms with van der Waals surface area (Å²) in [5.41, 5.74) is 0.875. The van der Waals surface area contributed by atoms with Gasteiger partial charge in [-0.05, 0) is 18.2 Å². The van der Waals surface area contributed by atoms with E-state index in [1.807, 2.05) is 6.07 Å². The minimum atomic E-state index is -0.580. The first-order chi connectivity index (χ1) is 15.9. The summed E-state index contributed by atoms with van der Waals surface area (Å²) in [6, 6.07) is 7.98. The lowest BCUT2D eigenvalue weighted by Gasteiger charge is -2.33. The van der Waals surface area contributed by atoms with Crippen molar-refractivity contribution in [2.24, 2.45) is 0 Å². The quantitative estimate of drug-likeness (QED) is 0.676. The van der Waals surface area contributed by atoms with Crippen LogP contribution in [-0.4, -0.2) is 55.4 Å². The van der Waals surface area contributed by atoms with Crippen molar-refractivity contribution in [2.75, 3.05) is 36.0 Å². The number of amides is 2. The summed E-state index contributed by atoms with van der Waals surface area (Å²) >= 11 is 0. The van der Waals surface area contributed by atoms with Crippen LogP contribution in [0.15, 0.2) is 36.5 Å². The number of pyridine rings is 1. The van der Waals surface area contributed by atoms with Crippen molar-refractivity contribution in [3.63, 3.8) is 0 Å². The predicted octanol–water partition coefficient (Wildman–Crippen LogP) is 3.28. The van der Waals surface area contributed by atoms with Gasteiger partial charge in [0.25, 0.3) is 0 Å². The van der Waals surface area contributed by atoms with Gasteiger partial charge in [-0.1, -0.05) is 6.07 Å². The van der Waals surface area contributed by atoms with Crippen LogP contribution in [0.3, 0.4) is 0 Å². The molecule has 4 rings (SSSR count). The van der Waals surface area contributed by atoms with E-state index in [-0.39, 0.29) is 30.9 Å². The highest BCUT2D eigenvalue weighted by atomic mass is 19.1. The van der Waals surface area contributed by atoms with Crippen LogP contribution in [0.1, 0.15) is 19.8 Å². The number of ether oxygens (including phenoxy) is 2. The highest BCUT2D eigenvalue weighted by Crippen LogP contribution is 2.29. The number of aromatic nitrogens is 1. The summed E-state index contributed by atoms with van der Waals surface area (Å²) in [5.74, 6) is 0.186. The molecule has 1 N–H and O–H groups in total. The topological polar surface area (TPSA) is 88.4 Å². The number of carbonyl (C=O) groups excluding carboxylic acids is 2. The van der Waals surface area contributed by atoms with Gasteiger partial charge in [0, 0.05) is 45.1 Å². The molecule has 2 saturated heterocycles. The molecule has 1 aromatic heterocycles. The van der Waals surface area contributed by atoms with Gasteiger partial charge >= 0.3 is 6.09 Å². The van der Waals surface area contributed by atoms with Crippen molar-refractivity contribution in [2.45, 2.75) is 32.0 Å². The molecule has 0 bridgehead atoms. The molecule has 2 fully saturated rings. The number of halogens is 1. The number of rotatable bonds is 6. The van der Waals surface area contributed by atoms with Crippen LogP contribution in [0, 0.1) is 12.4 Å². The summed E-state index contributed by atoms with van der Waals surface area (Å²) in [4.78, 5) is 34.3. The molecular formula is C23H24FN5O4. The van der Waals surface area contributed by atoms with E-state index in [4.69, 9.17) is 16.0 Å². The Kier molecular flexibility index (Phi) is 6.58. The Hall–Kier alpha value is -3.87. The largest absolute Gasteiger partial charge is 0.487 e. The molecule has 1 atom stereocenters. The normalized spacial score (nSPS) is 18.6. The van der Waals surface area contributed by atoms with Crippen LogP contribution in [-0.2, 0) is 9.53 Å². The second kappa shape index (κ2) is 9.73. The van der Waals surface area contributed by atoms with E-state index >= 15 is 0 Å². The van der Waals surface area contributed by atoms with E-state index in [1.54, 1.807) is 18.3 Å². The first-order valence-electron chi connectivity index (χ1n) is 10.7. The van der Waals surface area contributed by atoms with Gasteiger partial charge in [0.15, 0.2) is 11.6 Å².